The lowest BCUT2D eigenvalue weighted by atomic mass is 10.3. The Bertz CT molecular complexity index is 363. The maximum atomic E-state index is 10.2. The van der Waals surface area contributed by atoms with Crippen molar-refractivity contribution in [1.29, 1.82) is 0 Å². The summed E-state index contributed by atoms with van der Waals surface area (Å²) >= 11 is 5.58. The fraction of sp³-hybridized carbons (Fsp3) is 0. The van der Waals surface area contributed by atoms with Crippen LogP contribution in [-0.4, -0.2) is 16.1 Å². The van der Waals surface area contributed by atoms with Crippen LogP contribution in [0.25, 0.3) is 6.08 Å². The Morgan fingerprint density at radius 1 is 1.62 bits per heavy atom. The fourth-order valence-electron chi connectivity index (χ4n) is 0.745. The van der Waals surface area contributed by atoms with Gasteiger partial charge in [-0.15, -0.1) is 0 Å². The molecule has 1 aromatic heterocycles. The lowest BCUT2D eigenvalue weighted by Crippen LogP contribution is -1.93. The van der Waals surface area contributed by atoms with Crippen molar-refractivity contribution in [2.45, 2.75) is 0 Å². The van der Waals surface area contributed by atoms with Gasteiger partial charge in [-0.2, -0.15) is 0 Å². The van der Waals surface area contributed by atoms with Crippen molar-refractivity contribution in [2.75, 3.05) is 5.73 Å². The Morgan fingerprint density at radius 3 is 2.92 bits per heavy atom. The monoisotopic (exact) mass is 198 g/mol. The highest BCUT2D eigenvalue weighted by atomic mass is 35.5. The molecule has 4 nitrogen and oxygen atoms in total. The number of halogens is 1. The zero-order valence-corrected chi connectivity index (χ0v) is 7.32. The minimum absolute atomic E-state index is 0.277. The molecule has 0 aliphatic rings. The number of aromatic nitrogens is 1. The zero-order valence-electron chi connectivity index (χ0n) is 6.57. The predicted octanol–water partition coefficient (Wildman–Crippen LogP) is 1.42. The minimum Gasteiger partial charge on any atom is -0.478 e. The summed E-state index contributed by atoms with van der Waals surface area (Å²) in [5, 5.41) is 8.62. The maximum Gasteiger partial charge on any atom is 0.328 e. The van der Waals surface area contributed by atoms with Gasteiger partial charge in [0, 0.05) is 6.08 Å². The van der Waals surface area contributed by atoms with Crippen LogP contribution in [0.2, 0.25) is 5.15 Å². The molecule has 0 amide bonds. The summed E-state index contributed by atoms with van der Waals surface area (Å²) in [6.07, 6.45) is 2.25. The number of nitrogens with two attached hydrogens (primary N) is 1. The van der Waals surface area contributed by atoms with Crippen molar-refractivity contribution in [3.63, 3.8) is 0 Å². The Morgan fingerprint density at radius 2 is 2.31 bits per heavy atom. The van der Waals surface area contributed by atoms with Gasteiger partial charge < -0.3 is 10.8 Å². The Hall–Kier alpha value is -1.55. The van der Waals surface area contributed by atoms with Gasteiger partial charge in [0.25, 0.3) is 0 Å². The molecule has 0 fully saturated rings. The van der Waals surface area contributed by atoms with E-state index in [0.717, 1.165) is 6.08 Å². The van der Waals surface area contributed by atoms with Gasteiger partial charge in [0.05, 0.1) is 11.4 Å². The van der Waals surface area contributed by atoms with Crippen LogP contribution >= 0.6 is 11.6 Å². The van der Waals surface area contributed by atoms with Crippen molar-refractivity contribution in [1.82, 2.24) is 4.98 Å². The van der Waals surface area contributed by atoms with Crippen LogP contribution in [-0.2, 0) is 4.79 Å². The summed E-state index contributed by atoms with van der Waals surface area (Å²) in [6, 6.07) is 3.10. The number of carboxylic acid groups (broad SMARTS) is 1. The standard InChI is InChI=1S/C8H7ClN2O2/c9-7-3-1-5(10)6(11-7)2-4-8(12)13/h1-4H,10H2,(H,12,13)/b4-2+. The lowest BCUT2D eigenvalue weighted by Gasteiger charge is -1.98. The van der Waals surface area contributed by atoms with Crippen molar-refractivity contribution in [3.8, 4) is 0 Å². The van der Waals surface area contributed by atoms with Gasteiger partial charge in [-0.25, -0.2) is 9.78 Å². The number of nitrogen functional groups attached to an aromatic ring is 1. The summed E-state index contributed by atoms with van der Waals surface area (Å²) in [5.74, 6) is -1.05. The van der Waals surface area contributed by atoms with Crippen LogP contribution in [0, 0.1) is 0 Å². The second-order valence-electron chi connectivity index (χ2n) is 2.28. The number of rotatable bonds is 2. The normalized spacial score (nSPS) is 10.5. The number of carboxylic acids is 1. The van der Waals surface area contributed by atoms with E-state index in [1.165, 1.54) is 12.1 Å². The number of anilines is 1. The summed E-state index contributed by atoms with van der Waals surface area (Å²) in [4.78, 5) is 14.0. The Kier molecular flexibility index (Phi) is 2.87. The van der Waals surface area contributed by atoms with Crippen LogP contribution in [0.1, 0.15) is 5.69 Å². The van der Waals surface area contributed by atoms with Gasteiger partial charge in [0.15, 0.2) is 0 Å². The highest BCUT2D eigenvalue weighted by Gasteiger charge is 1.98. The van der Waals surface area contributed by atoms with Gasteiger partial charge >= 0.3 is 5.97 Å². The van der Waals surface area contributed by atoms with Crippen LogP contribution in [0.3, 0.4) is 0 Å². The molecule has 0 aliphatic heterocycles. The molecule has 0 saturated heterocycles. The van der Waals surface area contributed by atoms with Gasteiger partial charge in [0.2, 0.25) is 0 Å². The number of pyridine rings is 1. The summed E-state index contributed by atoms with van der Waals surface area (Å²) in [7, 11) is 0. The van der Waals surface area contributed by atoms with E-state index >= 15 is 0 Å². The van der Waals surface area contributed by atoms with Gasteiger partial charge in [-0.3, -0.25) is 0 Å². The third-order valence-electron chi connectivity index (χ3n) is 1.31. The fourth-order valence-corrected chi connectivity index (χ4v) is 0.899. The number of nitrogens with zero attached hydrogens (tertiary/aromatic N) is 1. The van der Waals surface area contributed by atoms with E-state index < -0.39 is 5.97 Å². The van der Waals surface area contributed by atoms with Crippen LogP contribution in [0.5, 0.6) is 0 Å². The Labute approximate surface area is 79.7 Å². The first-order valence-corrected chi connectivity index (χ1v) is 3.80. The zero-order chi connectivity index (χ0) is 9.84. The predicted molar refractivity (Wildman–Crippen MR) is 50.3 cm³/mol. The van der Waals surface area contributed by atoms with E-state index in [-0.39, 0.29) is 5.15 Å². The van der Waals surface area contributed by atoms with E-state index in [1.54, 1.807) is 6.07 Å². The van der Waals surface area contributed by atoms with Crippen molar-refractivity contribution in [2.24, 2.45) is 0 Å². The molecule has 3 N–H and O–H groups in total. The molecule has 0 unspecified atom stereocenters. The molecule has 0 aliphatic carbocycles. The molecule has 1 aromatic rings. The molecule has 0 radical (unpaired) electrons. The number of aliphatic carboxylic acids is 1. The summed E-state index contributed by atoms with van der Waals surface area (Å²) in [6.45, 7) is 0. The number of hydrogen-bond donors (Lipinski definition) is 2. The molecular weight excluding hydrogens is 192 g/mol. The molecule has 0 saturated carbocycles. The largest absolute Gasteiger partial charge is 0.478 e. The topological polar surface area (TPSA) is 76.2 Å². The highest BCUT2D eigenvalue weighted by molar-refractivity contribution is 6.29. The smallest absolute Gasteiger partial charge is 0.328 e. The van der Waals surface area contributed by atoms with Crippen LogP contribution in [0.15, 0.2) is 18.2 Å². The molecule has 0 atom stereocenters. The van der Waals surface area contributed by atoms with Crippen molar-refractivity contribution >= 4 is 29.3 Å². The maximum absolute atomic E-state index is 10.2. The van der Waals surface area contributed by atoms with Crippen molar-refractivity contribution < 1.29 is 9.90 Å². The molecule has 0 aromatic carbocycles. The van der Waals surface area contributed by atoms with E-state index in [2.05, 4.69) is 4.98 Å². The van der Waals surface area contributed by atoms with E-state index in [0.29, 0.717) is 11.4 Å². The van der Waals surface area contributed by atoms with Crippen LogP contribution in [0.4, 0.5) is 5.69 Å². The Balaban J connectivity index is 3.00. The third kappa shape index (κ3) is 2.76. The molecule has 1 rings (SSSR count). The second-order valence-corrected chi connectivity index (χ2v) is 2.67. The quantitative estimate of drug-likeness (QED) is 0.557. The van der Waals surface area contributed by atoms with E-state index in [1.807, 2.05) is 0 Å². The highest BCUT2D eigenvalue weighted by Crippen LogP contribution is 2.14. The first-order chi connectivity index (χ1) is 6.09. The SMILES string of the molecule is Nc1ccc(Cl)nc1/C=C/C(=O)O. The number of hydrogen-bond acceptors (Lipinski definition) is 3. The molecule has 0 bridgehead atoms. The average molecular weight is 199 g/mol. The van der Waals surface area contributed by atoms with Gasteiger partial charge in [0.1, 0.15) is 5.15 Å². The first kappa shape index (κ1) is 9.54. The first-order valence-electron chi connectivity index (χ1n) is 3.42. The molecule has 1 heterocycles. The molecule has 5 heteroatoms. The van der Waals surface area contributed by atoms with E-state index in [4.69, 9.17) is 22.4 Å². The molecular formula is C8H7ClN2O2. The number of carbonyl (C=O) groups is 1. The summed E-state index contributed by atoms with van der Waals surface area (Å²) < 4.78 is 0. The van der Waals surface area contributed by atoms with Gasteiger partial charge in [-0.1, -0.05) is 11.6 Å². The molecule has 0 spiro atoms. The van der Waals surface area contributed by atoms with Crippen molar-refractivity contribution in [3.05, 3.63) is 29.1 Å². The lowest BCUT2D eigenvalue weighted by molar-refractivity contribution is -0.131. The molecule has 68 valence electrons. The van der Waals surface area contributed by atoms with Gasteiger partial charge in [-0.05, 0) is 18.2 Å². The average Bonchev–Trinajstić information content (AvgIpc) is 2.06. The van der Waals surface area contributed by atoms with E-state index in [9.17, 15) is 4.79 Å². The molecule has 13 heavy (non-hydrogen) atoms. The third-order valence-corrected chi connectivity index (χ3v) is 1.52. The van der Waals surface area contributed by atoms with Crippen LogP contribution < -0.4 is 5.73 Å². The minimum atomic E-state index is -1.05. The summed E-state index contributed by atoms with van der Waals surface area (Å²) in [5.41, 5.74) is 6.26. The second kappa shape index (κ2) is 3.91.